The fraction of sp³-hybridized carbons (Fsp3) is 0.471. The molecule has 4 atom stereocenters. The van der Waals surface area contributed by atoms with Crippen molar-refractivity contribution in [1.82, 2.24) is 10.3 Å². The molecule has 2 aromatic rings. The van der Waals surface area contributed by atoms with Crippen molar-refractivity contribution >= 4 is 16.9 Å². The first-order chi connectivity index (χ1) is 10.2. The Bertz CT molecular complexity index is 678. The van der Waals surface area contributed by atoms with Gasteiger partial charge in [-0.3, -0.25) is 4.79 Å². The number of rotatable bonds is 2. The molecule has 0 spiro atoms. The minimum atomic E-state index is -0.0781. The van der Waals surface area contributed by atoms with E-state index in [2.05, 4.69) is 17.2 Å². The van der Waals surface area contributed by atoms with Crippen LogP contribution in [-0.2, 0) is 4.79 Å². The number of H-pyrrole nitrogens is 1. The number of para-hydroxylation sites is 1. The molecular weight excluding hydrogens is 264 g/mol. The number of nitrogens with one attached hydrogen (secondary N) is 2. The highest BCUT2D eigenvalue weighted by Gasteiger charge is 2.43. The molecule has 2 fully saturated rings. The first kappa shape index (κ1) is 12.9. The van der Waals surface area contributed by atoms with Gasteiger partial charge in [-0.15, -0.1) is 0 Å². The zero-order chi connectivity index (χ0) is 14.4. The zero-order valence-corrected chi connectivity index (χ0v) is 12.1. The van der Waals surface area contributed by atoms with Gasteiger partial charge in [0, 0.05) is 29.2 Å². The largest absolute Gasteiger partial charge is 0.424 e. The van der Waals surface area contributed by atoms with Gasteiger partial charge >= 0.3 is 5.97 Å². The van der Waals surface area contributed by atoms with Gasteiger partial charge in [0.05, 0.1) is 5.92 Å². The quantitative estimate of drug-likeness (QED) is 0.834. The van der Waals surface area contributed by atoms with Gasteiger partial charge in [-0.25, -0.2) is 0 Å². The molecule has 0 amide bonds. The Morgan fingerprint density at radius 1 is 1.29 bits per heavy atom. The molecule has 0 radical (unpaired) electrons. The molecule has 2 aliphatic heterocycles. The van der Waals surface area contributed by atoms with Crippen LogP contribution in [0.25, 0.3) is 10.9 Å². The number of carbonyl (C=O) groups excluding carboxylic acids is 1. The fourth-order valence-electron chi connectivity index (χ4n) is 3.88. The van der Waals surface area contributed by atoms with E-state index >= 15 is 0 Å². The van der Waals surface area contributed by atoms with Crippen molar-refractivity contribution in [2.24, 2.45) is 11.8 Å². The molecule has 4 rings (SSSR count). The van der Waals surface area contributed by atoms with Gasteiger partial charge in [0.15, 0.2) is 5.75 Å². The molecule has 1 aromatic heterocycles. The van der Waals surface area contributed by atoms with Crippen LogP contribution in [0.4, 0.5) is 0 Å². The number of benzene rings is 1. The summed E-state index contributed by atoms with van der Waals surface area (Å²) in [6, 6.07) is 8.86. The fourth-order valence-corrected chi connectivity index (χ4v) is 3.88. The lowest BCUT2D eigenvalue weighted by molar-refractivity contribution is -0.142. The molecule has 0 saturated carbocycles. The predicted octanol–water partition coefficient (Wildman–Crippen LogP) is 2.85. The first-order valence-corrected chi connectivity index (χ1v) is 7.76. The summed E-state index contributed by atoms with van der Waals surface area (Å²) >= 11 is 0. The van der Waals surface area contributed by atoms with Gasteiger partial charge in [0.1, 0.15) is 0 Å². The summed E-state index contributed by atoms with van der Waals surface area (Å²) in [5, 5.41) is 4.57. The normalized spacial score (nSPS) is 31.5. The van der Waals surface area contributed by atoms with E-state index in [1.54, 1.807) is 6.20 Å². The first-order valence-electron chi connectivity index (χ1n) is 7.76. The van der Waals surface area contributed by atoms with Crippen molar-refractivity contribution in [3.63, 3.8) is 0 Å². The van der Waals surface area contributed by atoms with E-state index < -0.39 is 0 Å². The molecule has 21 heavy (non-hydrogen) atoms. The average molecular weight is 284 g/mol. The van der Waals surface area contributed by atoms with Crippen molar-refractivity contribution in [3.05, 3.63) is 30.5 Å². The van der Waals surface area contributed by atoms with E-state index in [-0.39, 0.29) is 11.9 Å². The SMILES string of the molecule is CC1C2CCC(CC1C(=O)Oc1c[nH]c3ccccc13)N2. The Hall–Kier alpha value is -1.81. The minimum Gasteiger partial charge on any atom is -0.424 e. The highest BCUT2D eigenvalue weighted by molar-refractivity contribution is 5.89. The minimum absolute atomic E-state index is 0.0115. The van der Waals surface area contributed by atoms with E-state index in [9.17, 15) is 4.79 Å². The molecule has 0 aliphatic carbocycles. The van der Waals surface area contributed by atoms with Gasteiger partial charge in [0.25, 0.3) is 0 Å². The molecule has 2 aliphatic rings. The number of piperidine rings is 1. The van der Waals surface area contributed by atoms with Gasteiger partial charge in [-0.2, -0.15) is 0 Å². The number of hydrogen-bond donors (Lipinski definition) is 2. The van der Waals surface area contributed by atoms with Crippen LogP contribution < -0.4 is 10.1 Å². The maximum atomic E-state index is 12.6. The summed E-state index contributed by atoms with van der Waals surface area (Å²) in [6.07, 6.45) is 5.05. The van der Waals surface area contributed by atoms with Crippen LogP contribution >= 0.6 is 0 Å². The number of esters is 1. The second-order valence-corrected chi connectivity index (χ2v) is 6.37. The second kappa shape index (κ2) is 4.88. The maximum Gasteiger partial charge on any atom is 0.314 e. The standard InChI is InChI=1S/C17H20N2O2/c1-10-13(8-11-6-7-14(10)19-11)17(20)21-16-9-18-15-5-3-2-4-12(15)16/h2-5,9-11,13-14,18-19H,6-8H2,1H3. The number of carbonyl (C=O) groups is 1. The summed E-state index contributed by atoms with van der Waals surface area (Å²) in [5.74, 6) is 0.929. The molecular formula is C17H20N2O2. The highest BCUT2D eigenvalue weighted by Crippen LogP contribution is 2.37. The lowest BCUT2D eigenvalue weighted by atomic mass is 9.82. The lowest BCUT2D eigenvalue weighted by Gasteiger charge is -2.33. The van der Waals surface area contributed by atoms with Crippen LogP contribution in [0.2, 0.25) is 0 Å². The van der Waals surface area contributed by atoms with Crippen LogP contribution in [-0.4, -0.2) is 23.0 Å². The molecule has 110 valence electrons. The Morgan fingerprint density at radius 2 is 2.14 bits per heavy atom. The third-order valence-corrected chi connectivity index (χ3v) is 5.15. The smallest absolute Gasteiger partial charge is 0.314 e. The summed E-state index contributed by atoms with van der Waals surface area (Å²) in [6.45, 7) is 2.17. The second-order valence-electron chi connectivity index (χ2n) is 6.37. The van der Waals surface area contributed by atoms with Crippen molar-refractivity contribution in [1.29, 1.82) is 0 Å². The maximum absolute atomic E-state index is 12.6. The average Bonchev–Trinajstić information content (AvgIpc) is 3.08. The van der Waals surface area contributed by atoms with Crippen molar-refractivity contribution in [2.75, 3.05) is 0 Å². The van der Waals surface area contributed by atoms with Crippen molar-refractivity contribution in [2.45, 2.75) is 38.3 Å². The molecule has 1 aromatic carbocycles. The van der Waals surface area contributed by atoms with E-state index in [1.165, 1.54) is 12.8 Å². The third-order valence-electron chi connectivity index (χ3n) is 5.15. The number of hydrogen-bond acceptors (Lipinski definition) is 3. The predicted molar refractivity (Wildman–Crippen MR) is 81.2 cm³/mol. The number of aromatic nitrogens is 1. The van der Waals surface area contributed by atoms with E-state index in [4.69, 9.17) is 4.74 Å². The Kier molecular flexibility index (Phi) is 3.00. The van der Waals surface area contributed by atoms with Crippen LogP contribution in [0.3, 0.4) is 0 Å². The molecule has 4 heteroatoms. The summed E-state index contributed by atoms with van der Waals surface area (Å²) in [5.41, 5.74) is 0.999. The number of aromatic amines is 1. The topological polar surface area (TPSA) is 54.1 Å². The molecule has 2 bridgehead atoms. The Balaban J connectivity index is 1.55. The van der Waals surface area contributed by atoms with Crippen molar-refractivity contribution < 1.29 is 9.53 Å². The van der Waals surface area contributed by atoms with Crippen LogP contribution in [0.1, 0.15) is 26.2 Å². The molecule has 2 N–H and O–H groups in total. The van der Waals surface area contributed by atoms with Crippen molar-refractivity contribution in [3.8, 4) is 5.75 Å². The highest BCUT2D eigenvalue weighted by atomic mass is 16.5. The Morgan fingerprint density at radius 3 is 3.05 bits per heavy atom. The van der Waals surface area contributed by atoms with E-state index in [0.717, 1.165) is 17.3 Å². The van der Waals surface area contributed by atoms with E-state index in [1.807, 2.05) is 24.3 Å². The van der Waals surface area contributed by atoms with Crippen LogP contribution in [0.5, 0.6) is 5.75 Å². The Labute approximate surface area is 123 Å². The summed E-state index contributed by atoms with van der Waals surface area (Å²) < 4.78 is 5.70. The molecule has 4 unspecified atom stereocenters. The third kappa shape index (κ3) is 2.14. The number of fused-ring (bicyclic) bond motifs is 3. The van der Waals surface area contributed by atoms with Gasteiger partial charge < -0.3 is 15.0 Å². The van der Waals surface area contributed by atoms with Crippen LogP contribution in [0, 0.1) is 11.8 Å². The van der Waals surface area contributed by atoms with Crippen LogP contribution in [0.15, 0.2) is 30.5 Å². The van der Waals surface area contributed by atoms with Gasteiger partial charge in [-0.05, 0) is 37.3 Å². The van der Waals surface area contributed by atoms with Gasteiger partial charge in [0.2, 0.25) is 0 Å². The van der Waals surface area contributed by atoms with E-state index in [0.29, 0.717) is 23.8 Å². The number of ether oxygens (including phenoxy) is 1. The monoisotopic (exact) mass is 284 g/mol. The molecule has 3 heterocycles. The zero-order valence-electron chi connectivity index (χ0n) is 12.1. The molecule has 4 nitrogen and oxygen atoms in total. The summed E-state index contributed by atoms with van der Waals surface area (Å²) in [4.78, 5) is 15.7. The summed E-state index contributed by atoms with van der Waals surface area (Å²) in [7, 11) is 0. The molecule has 2 saturated heterocycles. The lowest BCUT2D eigenvalue weighted by Crippen LogP contribution is -2.47. The van der Waals surface area contributed by atoms with Gasteiger partial charge in [-0.1, -0.05) is 19.1 Å².